The van der Waals surface area contributed by atoms with Crippen LogP contribution in [0.2, 0.25) is 5.02 Å². The van der Waals surface area contributed by atoms with Gasteiger partial charge in [0.2, 0.25) is 0 Å². The highest BCUT2D eigenvalue weighted by molar-refractivity contribution is 6.31. The first-order valence-electron chi connectivity index (χ1n) is 6.30. The van der Waals surface area contributed by atoms with Crippen molar-refractivity contribution >= 4 is 17.4 Å². The van der Waals surface area contributed by atoms with Crippen LogP contribution in [0.1, 0.15) is 34.0 Å². The minimum Gasteiger partial charge on any atom is -0.484 e. The van der Waals surface area contributed by atoms with E-state index < -0.39 is 11.9 Å². The van der Waals surface area contributed by atoms with Gasteiger partial charge in [-0.25, -0.2) is 4.39 Å². The molecule has 0 fully saturated rings. The second-order valence-corrected chi connectivity index (χ2v) is 5.28. The van der Waals surface area contributed by atoms with E-state index in [9.17, 15) is 9.18 Å². The van der Waals surface area contributed by atoms with Crippen molar-refractivity contribution in [1.29, 1.82) is 0 Å². The van der Waals surface area contributed by atoms with Gasteiger partial charge in [0.05, 0.1) is 17.0 Å². The molecule has 0 amide bonds. The Kier molecular flexibility index (Phi) is 3.22. The number of halogens is 2. The Morgan fingerprint density at radius 1 is 1.30 bits per heavy atom. The number of hydrogen-bond acceptors (Lipinski definition) is 2. The maximum absolute atomic E-state index is 13.9. The first-order chi connectivity index (χ1) is 9.56. The summed E-state index contributed by atoms with van der Waals surface area (Å²) in [6.45, 7) is 1.91. The number of carbonyl (C=O) groups is 1. The summed E-state index contributed by atoms with van der Waals surface area (Å²) in [5.74, 6) is -0.0266. The highest BCUT2D eigenvalue weighted by Gasteiger charge is 2.30. The van der Waals surface area contributed by atoms with E-state index >= 15 is 0 Å². The molecule has 1 aliphatic heterocycles. The summed E-state index contributed by atoms with van der Waals surface area (Å²) in [4.78, 5) is 12.2. The van der Waals surface area contributed by atoms with Gasteiger partial charge in [-0.05, 0) is 31.2 Å². The zero-order chi connectivity index (χ0) is 14.3. The lowest BCUT2D eigenvalue weighted by Gasteiger charge is -2.26. The molecule has 1 aliphatic rings. The number of hydrogen-bond donors (Lipinski definition) is 0. The molecule has 1 unspecified atom stereocenters. The minimum atomic E-state index is -0.675. The SMILES string of the molecule is Cc1ccc2c(c1)C(=O)CC(c1c(F)cccc1Cl)O2. The van der Waals surface area contributed by atoms with Crippen molar-refractivity contribution < 1.29 is 13.9 Å². The second kappa shape index (κ2) is 4.91. The van der Waals surface area contributed by atoms with E-state index in [0.29, 0.717) is 11.3 Å². The van der Waals surface area contributed by atoms with Gasteiger partial charge in [0.15, 0.2) is 5.78 Å². The standard InChI is InChI=1S/C16H12ClFO2/c1-9-5-6-14-10(7-9)13(19)8-15(20-14)16-11(17)3-2-4-12(16)18/h2-7,15H,8H2,1H3. The predicted octanol–water partition coefficient (Wildman–Crippen LogP) is 4.49. The number of ether oxygens (including phenoxy) is 1. The van der Waals surface area contributed by atoms with Crippen LogP contribution < -0.4 is 4.74 Å². The van der Waals surface area contributed by atoms with Gasteiger partial charge in [0.1, 0.15) is 17.7 Å². The first kappa shape index (κ1) is 13.1. The van der Waals surface area contributed by atoms with Gasteiger partial charge >= 0.3 is 0 Å². The number of Topliss-reactive ketones (excluding diaryl/α,β-unsaturated/α-hetero) is 1. The zero-order valence-corrected chi connectivity index (χ0v) is 11.6. The summed E-state index contributed by atoms with van der Waals surface area (Å²) >= 11 is 6.03. The molecule has 1 heterocycles. The molecule has 0 aromatic heterocycles. The van der Waals surface area contributed by atoms with E-state index in [4.69, 9.17) is 16.3 Å². The Morgan fingerprint density at radius 3 is 2.85 bits per heavy atom. The van der Waals surface area contributed by atoms with Crippen LogP contribution in [0, 0.1) is 12.7 Å². The van der Waals surface area contributed by atoms with E-state index in [1.54, 1.807) is 18.2 Å². The highest BCUT2D eigenvalue weighted by atomic mass is 35.5. The third-order valence-corrected chi connectivity index (χ3v) is 3.73. The quantitative estimate of drug-likeness (QED) is 0.773. The molecule has 0 N–H and O–H groups in total. The highest BCUT2D eigenvalue weighted by Crippen LogP contribution is 2.38. The Bertz CT molecular complexity index is 677. The van der Waals surface area contributed by atoms with Crippen molar-refractivity contribution in [3.8, 4) is 5.75 Å². The second-order valence-electron chi connectivity index (χ2n) is 4.87. The molecular weight excluding hydrogens is 279 g/mol. The molecule has 0 spiro atoms. The average Bonchev–Trinajstić information content (AvgIpc) is 2.39. The molecule has 2 aromatic rings. The number of ketones is 1. The Hall–Kier alpha value is -1.87. The fourth-order valence-corrected chi connectivity index (χ4v) is 2.70. The van der Waals surface area contributed by atoms with E-state index in [1.807, 2.05) is 13.0 Å². The summed E-state index contributed by atoms with van der Waals surface area (Å²) in [6.07, 6.45) is -0.580. The van der Waals surface area contributed by atoms with Gasteiger partial charge in [-0.1, -0.05) is 29.3 Å². The van der Waals surface area contributed by atoms with E-state index in [-0.39, 0.29) is 22.8 Å². The summed E-state index contributed by atoms with van der Waals surface area (Å²) in [5, 5.41) is 0.276. The van der Waals surface area contributed by atoms with Gasteiger partial charge in [0.25, 0.3) is 0 Å². The van der Waals surface area contributed by atoms with Crippen LogP contribution in [0.4, 0.5) is 4.39 Å². The summed E-state index contributed by atoms with van der Waals surface area (Å²) in [7, 11) is 0. The van der Waals surface area contributed by atoms with E-state index in [0.717, 1.165) is 5.56 Å². The maximum atomic E-state index is 13.9. The average molecular weight is 291 g/mol. The topological polar surface area (TPSA) is 26.3 Å². The van der Waals surface area contributed by atoms with Gasteiger partial charge in [-0.15, -0.1) is 0 Å². The van der Waals surface area contributed by atoms with Crippen molar-refractivity contribution in [2.24, 2.45) is 0 Å². The Balaban J connectivity index is 2.04. The van der Waals surface area contributed by atoms with Crippen molar-refractivity contribution in [3.05, 3.63) is 63.9 Å². The molecule has 3 rings (SSSR count). The number of carbonyl (C=O) groups excluding carboxylic acids is 1. The number of fused-ring (bicyclic) bond motifs is 1. The molecule has 2 nitrogen and oxygen atoms in total. The molecule has 20 heavy (non-hydrogen) atoms. The molecule has 0 saturated carbocycles. The molecular formula is C16H12ClFO2. The fraction of sp³-hybridized carbons (Fsp3) is 0.188. The molecule has 0 radical (unpaired) electrons. The first-order valence-corrected chi connectivity index (χ1v) is 6.68. The van der Waals surface area contributed by atoms with Crippen LogP contribution in [0.15, 0.2) is 36.4 Å². The predicted molar refractivity (Wildman–Crippen MR) is 74.9 cm³/mol. The lowest BCUT2D eigenvalue weighted by atomic mass is 9.95. The molecule has 1 atom stereocenters. The lowest BCUT2D eigenvalue weighted by molar-refractivity contribution is 0.0846. The number of aryl methyl sites for hydroxylation is 1. The maximum Gasteiger partial charge on any atom is 0.170 e. The largest absolute Gasteiger partial charge is 0.484 e. The van der Waals surface area contributed by atoms with Gasteiger partial charge in [-0.3, -0.25) is 4.79 Å². The van der Waals surface area contributed by atoms with Crippen molar-refractivity contribution in [2.75, 3.05) is 0 Å². The van der Waals surface area contributed by atoms with Crippen LogP contribution in [0.5, 0.6) is 5.75 Å². The summed E-state index contributed by atoms with van der Waals surface area (Å²) < 4.78 is 19.7. The zero-order valence-electron chi connectivity index (χ0n) is 10.8. The van der Waals surface area contributed by atoms with Crippen LogP contribution in [-0.4, -0.2) is 5.78 Å². The smallest absolute Gasteiger partial charge is 0.170 e. The lowest BCUT2D eigenvalue weighted by Crippen LogP contribution is -2.21. The van der Waals surface area contributed by atoms with Crippen LogP contribution >= 0.6 is 11.6 Å². The van der Waals surface area contributed by atoms with E-state index in [1.165, 1.54) is 12.1 Å². The molecule has 0 bridgehead atoms. The minimum absolute atomic E-state index is 0.0562. The van der Waals surface area contributed by atoms with Gasteiger partial charge in [-0.2, -0.15) is 0 Å². The van der Waals surface area contributed by atoms with Gasteiger partial charge in [0, 0.05) is 5.56 Å². The fourth-order valence-electron chi connectivity index (χ4n) is 2.42. The van der Waals surface area contributed by atoms with E-state index in [2.05, 4.69) is 0 Å². The molecule has 4 heteroatoms. The van der Waals surface area contributed by atoms with Crippen molar-refractivity contribution in [3.63, 3.8) is 0 Å². The van der Waals surface area contributed by atoms with Crippen LogP contribution in [0.3, 0.4) is 0 Å². The van der Waals surface area contributed by atoms with Crippen molar-refractivity contribution in [1.82, 2.24) is 0 Å². The molecule has 0 aliphatic carbocycles. The summed E-state index contributed by atoms with van der Waals surface area (Å²) in [6, 6.07) is 9.83. The monoisotopic (exact) mass is 290 g/mol. The molecule has 0 saturated heterocycles. The number of rotatable bonds is 1. The van der Waals surface area contributed by atoms with Crippen LogP contribution in [-0.2, 0) is 0 Å². The molecule has 2 aromatic carbocycles. The van der Waals surface area contributed by atoms with Crippen molar-refractivity contribution in [2.45, 2.75) is 19.4 Å². The Labute approximate surface area is 121 Å². The Morgan fingerprint density at radius 2 is 2.10 bits per heavy atom. The summed E-state index contributed by atoms with van der Waals surface area (Å²) in [5.41, 5.74) is 1.78. The third-order valence-electron chi connectivity index (χ3n) is 3.40. The van der Waals surface area contributed by atoms with Gasteiger partial charge < -0.3 is 4.74 Å². The normalized spacial score (nSPS) is 17.6. The third kappa shape index (κ3) is 2.18. The van der Waals surface area contributed by atoms with Crippen LogP contribution in [0.25, 0.3) is 0 Å². The number of benzene rings is 2. The molecule has 102 valence electrons.